The SMILES string of the molecule is OCc1sc2cccc(I)c2c1I. The molecule has 0 saturated heterocycles. The van der Waals surface area contributed by atoms with Gasteiger partial charge in [0, 0.05) is 22.1 Å². The Balaban J connectivity index is 2.85. The Hall–Kier alpha value is 0.600. The van der Waals surface area contributed by atoms with Crippen molar-refractivity contribution in [1.82, 2.24) is 0 Å². The normalized spacial score (nSPS) is 11.0. The minimum Gasteiger partial charge on any atom is -0.391 e. The van der Waals surface area contributed by atoms with E-state index in [1.54, 1.807) is 11.3 Å². The molecular formula is C9H6I2OS. The Morgan fingerprint density at radius 2 is 2.08 bits per heavy atom. The molecule has 0 spiro atoms. The molecule has 0 fully saturated rings. The summed E-state index contributed by atoms with van der Waals surface area (Å²) in [7, 11) is 0. The second-order valence-corrected chi connectivity index (χ2v) is 5.99. The molecule has 1 N–H and O–H groups in total. The summed E-state index contributed by atoms with van der Waals surface area (Å²) < 4.78 is 3.72. The lowest BCUT2D eigenvalue weighted by molar-refractivity contribution is 0.285. The van der Waals surface area contributed by atoms with E-state index in [-0.39, 0.29) is 6.61 Å². The molecule has 0 aliphatic heterocycles. The summed E-state index contributed by atoms with van der Waals surface area (Å²) in [5.74, 6) is 0. The van der Waals surface area contributed by atoms with Gasteiger partial charge in [0.25, 0.3) is 0 Å². The van der Waals surface area contributed by atoms with Crippen molar-refractivity contribution in [3.63, 3.8) is 0 Å². The van der Waals surface area contributed by atoms with Gasteiger partial charge in [-0.3, -0.25) is 0 Å². The second-order valence-electron chi connectivity index (χ2n) is 2.61. The van der Waals surface area contributed by atoms with Crippen LogP contribution in [0.4, 0.5) is 0 Å². The minimum absolute atomic E-state index is 0.147. The molecule has 1 heterocycles. The van der Waals surface area contributed by atoms with Crippen LogP contribution in [-0.4, -0.2) is 5.11 Å². The number of aliphatic hydroxyl groups is 1. The Labute approximate surface area is 107 Å². The molecule has 1 aromatic heterocycles. The quantitative estimate of drug-likeness (QED) is 0.705. The summed E-state index contributed by atoms with van der Waals surface area (Å²) in [4.78, 5) is 1.07. The smallest absolute Gasteiger partial charge is 0.0785 e. The molecule has 4 heteroatoms. The van der Waals surface area contributed by atoms with Crippen molar-refractivity contribution in [2.45, 2.75) is 6.61 Å². The zero-order valence-corrected chi connectivity index (χ0v) is 11.7. The maximum absolute atomic E-state index is 9.11. The Morgan fingerprint density at radius 3 is 2.69 bits per heavy atom. The monoisotopic (exact) mass is 416 g/mol. The van der Waals surface area contributed by atoms with Gasteiger partial charge >= 0.3 is 0 Å². The van der Waals surface area contributed by atoms with Gasteiger partial charge < -0.3 is 5.11 Å². The third-order valence-electron chi connectivity index (χ3n) is 1.82. The van der Waals surface area contributed by atoms with Gasteiger partial charge in [-0.2, -0.15) is 0 Å². The van der Waals surface area contributed by atoms with Crippen LogP contribution in [0.5, 0.6) is 0 Å². The van der Waals surface area contributed by atoms with E-state index in [1.807, 2.05) is 0 Å². The van der Waals surface area contributed by atoms with Crippen molar-refractivity contribution >= 4 is 66.6 Å². The molecule has 68 valence electrons. The maximum Gasteiger partial charge on any atom is 0.0785 e. The summed E-state index contributed by atoms with van der Waals surface area (Å²) in [6.45, 7) is 0.147. The molecule has 0 amide bonds. The number of thiophene rings is 1. The number of rotatable bonds is 1. The first-order valence-corrected chi connectivity index (χ1v) is 6.67. The Kier molecular flexibility index (Phi) is 3.11. The van der Waals surface area contributed by atoms with Crippen molar-refractivity contribution in [1.29, 1.82) is 0 Å². The van der Waals surface area contributed by atoms with Gasteiger partial charge in [-0.05, 0) is 57.3 Å². The van der Waals surface area contributed by atoms with E-state index in [9.17, 15) is 0 Å². The van der Waals surface area contributed by atoms with Crippen LogP contribution in [0.25, 0.3) is 10.1 Å². The number of aliphatic hydroxyl groups excluding tert-OH is 1. The summed E-state index contributed by atoms with van der Waals surface area (Å²) >= 11 is 6.31. The zero-order valence-electron chi connectivity index (χ0n) is 6.55. The molecule has 0 radical (unpaired) electrons. The van der Waals surface area contributed by atoms with Crippen LogP contribution in [0.1, 0.15) is 4.88 Å². The number of hydrogen-bond acceptors (Lipinski definition) is 2. The second kappa shape index (κ2) is 4.00. The highest BCUT2D eigenvalue weighted by molar-refractivity contribution is 14.1. The van der Waals surface area contributed by atoms with Gasteiger partial charge in [0.2, 0.25) is 0 Å². The Morgan fingerprint density at radius 1 is 1.31 bits per heavy atom. The number of hydrogen-bond donors (Lipinski definition) is 1. The highest BCUT2D eigenvalue weighted by Crippen LogP contribution is 2.35. The van der Waals surface area contributed by atoms with Crippen LogP contribution >= 0.6 is 56.5 Å². The molecular weight excluding hydrogens is 410 g/mol. The van der Waals surface area contributed by atoms with E-state index in [0.717, 1.165) is 4.88 Å². The summed E-state index contributed by atoms with van der Waals surface area (Å²) in [6.07, 6.45) is 0. The molecule has 2 rings (SSSR count). The minimum atomic E-state index is 0.147. The predicted octanol–water partition coefficient (Wildman–Crippen LogP) is 3.60. The van der Waals surface area contributed by atoms with Gasteiger partial charge in [-0.1, -0.05) is 6.07 Å². The molecule has 1 nitrogen and oxygen atoms in total. The zero-order chi connectivity index (χ0) is 9.42. The number of halogens is 2. The van der Waals surface area contributed by atoms with Gasteiger partial charge in [0.15, 0.2) is 0 Å². The van der Waals surface area contributed by atoms with Crippen molar-refractivity contribution in [2.24, 2.45) is 0 Å². The van der Waals surface area contributed by atoms with Crippen molar-refractivity contribution < 1.29 is 5.11 Å². The third kappa shape index (κ3) is 1.73. The molecule has 1 aromatic carbocycles. The number of benzene rings is 1. The van der Waals surface area contributed by atoms with E-state index in [1.165, 1.54) is 17.2 Å². The summed E-state index contributed by atoms with van der Waals surface area (Å²) in [6, 6.07) is 6.25. The van der Waals surface area contributed by atoms with Crippen LogP contribution in [0.15, 0.2) is 18.2 Å². The lowest BCUT2D eigenvalue weighted by atomic mass is 10.2. The first kappa shape index (κ1) is 10.1. The first-order valence-electron chi connectivity index (χ1n) is 3.70. The van der Waals surface area contributed by atoms with Crippen LogP contribution in [-0.2, 0) is 6.61 Å². The number of fused-ring (bicyclic) bond motifs is 1. The summed E-state index contributed by atoms with van der Waals surface area (Å²) in [5, 5.41) is 10.4. The van der Waals surface area contributed by atoms with Gasteiger partial charge in [0.1, 0.15) is 0 Å². The lowest BCUT2D eigenvalue weighted by Crippen LogP contribution is -1.80. The molecule has 0 atom stereocenters. The van der Waals surface area contributed by atoms with Gasteiger partial charge in [-0.15, -0.1) is 11.3 Å². The molecule has 0 unspecified atom stereocenters. The van der Waals surface area contributed by atoms with E-state index in [2.05, 4.69) is 63.4 Å². The lowest BCUT2D eigenvalue weighted by Gasteiger charge is -1.94. The molecule has 2 aromatic rings. The van der Waals surface area contributed by atoms with Gasteiger partial charge in [-0.25, -0.2) is 0 Å². The molecule has 0 bridgehead atoms. The summed E-state index contributed by atoms with van der Waals surface area (Å²) in [5.41, 5.74) is 0. The van der Waals surface area contributed by atoms with Crippen molar-refractivity contribution in [2.75, 3.05) is 0 Å². The first-order chi connectivity index (χ1) is 6.24. The largest absolute Gasteiger partial charge is 0.391 e. The van der Waals surface area contributed by atoms with Gasteiger partial charge in [0.05, 0.1) is 6.61 Å². The molecule has 0 saturated carbocycles. The van der Waals surface area contributed by atoms with E-state index in [0.29, 0.717) is 0 Å². The fourth-order valence-corrected chi connectivity index (χ4v) is 4.94. The fraction of sp³-hybridized carbons (Fsp3) is 0.111. The van der Waals surface area contributed by atoms with E-state index < -0.39 is 0 Å². The van der Waals surface area contributed by atoms with Crippen molar-refractivity contribution in [3.8, 4) is 0 Å². The van der Waals surface area contributed by atoms with Crippen LogP contribution in [0.3, 0.4) is 0 Å². The maximum atomic E-state index is 9.11. The van der Waals surface area contributed by atoms with Crippen molar-refractivity contribution in [3.05, 3.63) is 30.2 Å². The highest BCUT2D eigenvalue weighted by Gasteiger charge is 2.10. The Bertz CT molecular complexity index is 450. The predicted molar refractivity (Wildman–Crippen MR) is 73.2 cm³/mol. The van der Waals surface area contributed by atoms with Crippen LogP contribution in [0.2, 0.25) is 0 Å². The molecule has 0 aliphatic rings. The van der Waals surface area contributed by atoms with Crippen LogP contribution < -0.4 is 0 Å². The average molecular weight is 416 g/mol. The van der Waals surface area contributed by atoms with E-state index in [4.69, 9.17) is 5.11 Å². The third-order valence-corrected chi connectivity index (χ3v) is 5.41. The van der Waals surface area contributed by atoms with Crippen LogP contribution in [0, 0.1) is 7.14 Å². The topological polar surface area (TPSA) is 20.2 Å². The highest BCUT2D eigenvalue weighted by atomic mass is 127. The molecule has 13 heavy (non-hydrogen) atoms. The standard InChI is InChI=1S/C9H6I2OS/c10-5-2-1-3-6-8(5)9(11)7(4-12)13-6/h1-3,12H,4H2. The van der Waals surface area contributed by atoms with E-state index >= 15 is 0 Å². The fourth-order valence-electron chi connectivity index (χ4n) is 1.22. The average Bonchev–Trinajstić information content (AvgIpc) is 2.44. The molecule has 0 aliphatic carbocycles.